The van der Waals surface area contributed by atoms with Gasteiger partial charge >= 0.3 is 5.97 Å². The molecular formula is C21H19NO3. The number of hydrogen-bond donors (Lipinski definition) is 1. The highest BCUT2D eigenvalue weighted by Crippen LogP contribution is 2.19. The molecule has 0 radical (unpaired) electrons. The van der Waals surface area contributed by atoms with Gasteiger partial charge in [-0.1, -0.05) is 66.7 Å². The van der Waals surface area contributed by atoms with Crippen molar-refractivity contribution in [2.45, 2.75) is 6.42 Å². The van der Waals surface area contributed by atoms with Crippen LogP contribution in [0.4, 0.5) is 0 Å². The second-order valence-corrected chi connectivity index (χ2v) is 5.69. The Labute approximate surface area is 146 Å². The van der Waals surface area contributed by atoms with Crippen LogP contribution in [-0.4, -0.2) is 25.0 Å². The number of hydrogen-bond acceptors (Lipinski definition) is 3. The number of esters is 1. The zero-order valence-electron chi connectivity index (χ0n) is 13.8. The zero-order valence-corrected chi connectivity index (χ0v) is 13.8. The number of carbonyl (C=O) groups is 2. The number of ether oxygens (including phenoxy) is 1. The molecule has 0 aromatic heterocycles. The van der Waals surface area contributed by atoms with Crippen molar-refractivity contribution < 1.29 is 14.3 Å². The number of benzene rings is 3. The van der Waals surface area contributed by atoms with Crippen molar-refractivity contribution in [2.75, 3.05) is 13.2 Å². The molecule has 0 atom stereocenters. The fraction of sp³-hybridized carbons (Fsp3) is 0.143. The third-order valence-corrected chi connectivity index (χ3v) is 3.92. The van der Waals surface area contributed by atoms with E-state index in [9.17, 15) is 9.59 Å². The summed E-state index contributed by atoms with van der Waals surface area (Å²) in [6.07, 6.45) is 0.740. The van der Waals surface area contributed by atoms with Gasteiger partial charge in [0.05, 0.1) is 5.56 Å². The molecule has 0 heterocycles. The summed E-state index contributed by atoms with van der Waals surface area (Å²) in [6.45, 7) is 0.228. The molecule has 0 aliphatic heterocycles. The van der Waals surface area contributed by atoms with Crippen molar-refractivity contribution >= 4 is 22.6 Å². The summed E-state index contributed by atoms with van der Waals surface area (Å²) in [6, 6.07) is 22.9. The van der Waals surface area contributed by atoms with Crippen molar-refractivity contribution in [3.05, 3.63) is 83.9 Å². The van der Waals surface area contributed by atoms with Gasteiger partial charge in [-0.05, 0) is 28.8 Å². The Morgan fingerprint density at radius 3 is 2.40 bits per heavy atom. The van der Waals surface area contributed by atoms with Crippen LogP contribution in [0.5, 0.6) is 0 Å². The van der Waals surface area contributed by atoms with Crippen LogP contribution >= 0.6 is 0 Å². The first-order valence-electron chi connectivity index (χ1n) is 8.19. The molecule has 25 heavy (non-hydrogen) atoms. The molecule has 0 fully saturated rings. The van der Waals surface area contributed by atoms with Crippen LogP contribution in [0.2, 0.25) is 0 Å². The zero-order chi connectivity index (χ0) is 17.5. The average molecular weight is 333 g/mol. The first-order valence-corrected chi connectivity index (χ1v) is 8.19. The number of rotatable bonds is 6. The molecule has 4 nitrogen and oxygen atoms in total. The highest BCUT2D eigenvalue weighted by atomic mass is 16.5. The van der Waals surface area contributed by atoms with Crippen molar-refractivity contribution in [3.63, 3.8) is 0 Å². The molecule has 0 unspecified atom stereocenters. The standard InChI is InChI=1S/C21H19NO3/c23-20(22-14-13-16-7-2-1-3-8-16)15-25-21(24)19-12-6-10-17-9-4-5-11-18(17)19/h1-12H,13-15H2,(H,22,23). The molecule has 3 aromatic carbocycles. The highest BCUT2D eigenvalue weighted by molar-refractivity contribution is 6.04. The Balaban J connectivity index is 1.50. The Kier molecular flexibility index (Phi) is 5.42. The van der Waals surface area contributed by atoms with E-state index in [1.165, 1.54) is 0 Å². The number of carbonyl (C=O) groups excluding carboxylic acids is 2. The van der Waals surface area contributed by atoms with E-state index in [-0.39, 0.29) is 12.5 Å². The van der Waals surface area contributed by atoms with Crippen molar-refractivity contribution in [1.82, 2.24) is 5.32 Å². The van der Waals surface area contributed by atoms with Crippen molar-refractivity contribution in [1.29, 1.82) is 0 Å². The quantitative estimate of drug-likeness (QED) is 0.704. The van der Waals surface area contributed by atoms with Gasteiger partial charge in [-0.2, -0.15) is 0 Å². The van der Waals surface area contributed by atoms with Gasteiger partial charge in [0, 0.05) is 6.54 Å². The molecule has 1 amide bonds. The fourth-order valence-corrected chi connectivity index (χ4v) is 2.65. The molecule has 1 N–H and O–H groups in total. The van der Waals surface area contributed by atoms with Crippen LogP contribution in [0.1, 0.15) is 15.9 Å². The van der Waals surface area contributed by atoms with Crippen LogP contribution in [0.3, 0.4) is 0 Å². The SMILES string of the molecule is O=C(COC(=O)c1cccc2ccccc12)NCCc1ccccc1. The van der Waals surface area contributed by atoms with E-state index in [4.69, 9.17) is 4.74 Å². The largest absolute Gasteiger partial charge is 0.452 e. The van der Waals surface area contributed by atoms with Gasteiger partial charge in [0.2, 0.25) is 0 Å². The molecule has 0 spiro atoms. The summed E-state index contributed by atoms with van der Waals surface area (Å²) in [5.74, 6) is -0.792. The Bertz CT molecular complexity index is 869. The maximum Gasteiger partial charge on any atom is 0.339 e. The molecule has 3 rings (SSSR count). The van der Waals surface area contributed by atoms with Gasteiger partial charge in [0.25, 0.3) is 5.91 Å². The first-order chi connectivity index (χ1) is 12.2. The molecule has 126 valence electrons. The van der Waals surface area contributed by atoms with E-state index in [1.807, 2.05) is 60.7 Å². The second kappa shape index (κ2) is 8.11. The molecule has 0 bridgehead atoms. The maximum atomic E-state index is 12.3. The van der Waals surface area contributed by atoms with E-state index in [0.29, 0.717) is 12.1 Å². The lowest BCUT2D eigenvalue weighted by atomic mass is 10.1. The predicted octanol–water partition coefficient (Wildman–Crippen LogP) is 3.36. The van der Waals surface area contributed by atoms with E-state index >= 15 is 0 Å². The van der Waals surface area contributed by atoms with Crippen LogP contribution in [0.25, 0.3) is 10.8 Å². The van der Waals surface area contributed by atoms with E-state index in [1.54, 1.807) is 12.1 Å². The molecule has 0 aliphatic rings. The van der Waals surface area contributed by atoms with Crippen molar-refractivity contribution in [3.8, 4) is 0 Å². The van der Waals surface area contributed by atoms with Crippen LogP contribution in [0, 0.1) is 0 Å². The number of amides is 1. The first kappa shape index (κ1) is 16.7. The number of nitrogens with one attached hydrogen (secondary N) is 1. The average Bonchev–Trinajstić information content (AvgIpc) is 2.66. The monoisotopic (exact) mass is 333 g/mol. The van der Waals surface area contributed by atoms with Crippen LogP contribution < -0.4 is 5.32 Å². The third-order valence-electron chi connectivity index (χ3n) is 3.92. The van der Waals surface area contributed by atoms with Gasteiger partial charge in [-0.3, -0.25) is 4.79 Å². The topological polar surface area (TPSA) is 55.4 Å². The van der Waals surface area contributed by atoms with E-state index < -0.39 is 5.97 Å². The summed E-state index contributed by atoms with van der Waals surface area (Å²) in [7, 11) is 0. The number of fused-ring (bicyclic) bond motifs is 1. The lowest BCUT2D eigenvalue weighted by Crippen LogP contribution is -2.30. The molecule has 0 saturated carbocycles. The summed E-state index contributed by atoms with van der Waals surface area (Å²) < 4.78 is 5.15. The normalized spacial score (nSPS) is 10.4. The lowest BCUT2D eigenvalue weighted by molar-refractivity contribution is -0.124. The minimum absolute atomic E-state index is 0.281. The Morgan fingerprint density at radius 2 is 1.56 bits per heavy atom. The maximum absolute atomic E-state index is 12.3. The minimum Gasteiger partial charge on any atom is -0.452 e. The molecule has 4 heteroatoms. The van der Waals surface area contributed by atoms with Crippen LogP contribution in [0.15, 0.2) is 72.8 Å². The minimum atomic E-state index is -0.491. The summed E-state index contributed by atoms with van der Waals surface area (Å²) in [5, 5.41) is 4.54. The fourth-order valence-electron chi connectivity index (χ4n) is 2.65. The van der Waals surface area contributed by atoms with Gasteiger partial charge in [0.1, 0.15) is 0 Å². The molecule has 0 aliphatic carbocycles. The van der Waals surface area contributed by atoms with Gasteiger partial charge in [-0.15, -0.1) is 0 Å². The smallest absolute Gasteiger partial charge is 0.339 e. The highest BCUT2D eigenvalue weighted by Gasteiger charge is 2.12. The summed E-state index contributed by atoms with van der Waals surface area (Å²) >= 11 is 0. The Hall–Kier alpha value is -3.14. The van der Waals surface area contributed by atoms with Gasteiger partial charge < -0.3 is 10.1 Å². The summed E-state index contributed by atoms with van der Waals surface area (Å²) in [4.78, 5) is 24.1. The van der Waals surface area contributed by atoms with Crippen LogP contribution in [-0.2, 0) is 16.0 Å². The summed E-state index contributed by atoms with van der Waals surface area (Å²) in [5.41, 5.74) is 1.62. The van der Waals surface area contributed by atoms with Gasteiger partial charge in [0.15, 0.2) is 6.61 Å². The van der Waals surface area contributed by atoms with Crippen molar-refractivity contribution in [2.24, 2.45) is 0 Å². The van der Waals surface area contributed by atoms with Gasteiger partial charge in [-0.25, -0.2) is 4.79 Å². The third kappa shape index (κ3) is 4.44. The second-order valence-electron chi connectivity index (χ2n) is 5.69. The van der Waals surface area contributed by atoms with E-state index in [0.717, 1.165) is 22.8 Å². The predicted molar refractivity (Wildman–Crippen MR) is 97.4 cm³/mol. The lowest BCUT2D eigenvalue weighted by Gasteiger charge is -2.08. The van der Waals surface area contributed by atoms with E-state index in [2.05, 4.69) is 5.32 Å². The molecule has 3 aromatic rings. The molecular weight excluding hydrogens is 314 g/mol. The Morgan fingerprint density at radius 1 is 0.840 bits per heavy atom. The molecule has 0 saturated heterocycles.